The largest absolute Gasteiger partial charge is 0.507 e. The van der Waals surface area contributed by atoms with Crippen LogP contribution in [0.2, 0.25) is 0 Å². The van der Waals surface area contributed by atoms with Crippen LogP contribution in [0.1, 0.15) is 10.4 Å². The summed E-state index contributed by atoms with van der Waals surface area (Å²) in [5.41, 5.74) is 2.59. The van der Waals surface area contributed by atoms with E-state index in [1.807, 2.05) is 30.3 Å². The topological polar surface area (TPSA) is 86.2 Å². The number of benzene rings is 3. The summed E-state index contributed by atoms with van der Waals surface area (Å²) >= 11 is 0. The molecule has 0 amide bonds. The van der Waals surface area contributed by atoms with Gasteiger partial charge in [-0.2, -0.15) is 0 Å². The van der Waals surface area contributed by atoms with Crippen molar-refractivity contribution in [3.05, 3.63) is 60.2 Å². The Hall–Kier alpha value is -3.34. The summed E-state index contributed by atoms with van der Waals surface area (Å²) in [6.07, 6.45) is 0. The number of aromatic hydroxyl groups is 1. The molecule has 23 heavy (non-hydrogen) atoms. The van der Waals surface area contributed by atoms with Gasteiger partial charge in [0, 0.05) is 5.56 Å². The van der Waals surface area contributed by atoms with Crippen LogP contribution >= 0.6 is 0 Å². The van der Waals surface area contributed by atoms with E-state index in [1.165, 1.54) is 6.07 Å². The van der Waals surface area contributed by atoms with E-state index < -0.39 is 5.97 Å². The van der Waals surface area contributed by atoms with Crippen LogP contribution in [0.15, 0.2) is 54.6 Å². The number of aromatic nitrogens is 2. The van der Waals surface area contributed by atoms with Crippen molar-refractivity contribution in [1.29, 1.82) is 0 Å². The molecule has 0 fully saturated rings. The van der Waals surface area contributed by atoms with Gasteiger partial charge in [0.1, 0.15) is 17.1 Å². The number of hydrogen-bond donors (Lipinski definition) is 3. The van der Waals surface area contributed by atoms with Crippen LogP contribution in [0.25, 0.3) is 33.2 Å². The zero-order valence-corrected chi connectivity index (χ0v) is 11.9. The molecule has 0 spiro atoms. The fourth-order valence-corrected chi connectivity index (χ4v) is 2.78. The minimum Gasteiger partial charge on any atom is -0.507 e. The van der Waals surface area contributed by atoms with Gasteiger partial charge in [0.15, 0.2) is 0 Å². The zero-order chi connectivity index (χ0) is 16.0. The van der Waals surface area contributed by atoms with Gasteiger partial charge in [0.2, 0.25) is 0 Å². The van der Waals surface area contributed by atoms with E-state index in [0.717, 1.165) is 27.8 Å². The van der Waals surface area contributed by atoms with Crippen LogP contribution in [-0.4, -0.2) is 26.2 Å². The highest BCUT2D eigenvalue weighted by atomic mass is 16.4. The van der Waals surface area contributed by atoms with Gasteiger partial charge in [0.25, 0.3) is 0 Å². The highest BCUT2D eigenvalue weighted by Gasteiger charge is 2.15. The molecule has 0 aliphatic heterocycles. The summed E-state index contributed by atoms with van der Waals surface area (Å²) in [5.74, 6) is -0.663. The van der Waals surface area contributed by atoms with Crippen molar-refractivity contribution in [3.8, 4) is 17.1 Å². The molecule has 112 valence electrons. The molecule has 0 unspecified atom stereocenters. The lowest BCUT2D eigenvalue weighted by Gasteiger charge is -2.06. The number of fused-ring (bicyclic) bond motifs is 2. The predicted octanol–water partition coefficient (Wildman–Crippen LogP) is 3.79. The molecule has 5 nitrogen and oxygen atoms in total. The van der Waals surface area contributed by atoms with Crippen molar-refractivity contribution >= 4 is 27.8 Å². The first-order valence-corrected chi connectivity index (χ1v) is 7.07. The lowest BCUT2D eigenvalue weighted by Crippen LogP contribution is -1.98. The second-order valence-corrected chi connectivity index (χ2v) is 5.30. The first kappa shape index (κ1) is 13.3. The first-order chi connectivity index (χ1) is 11.1. The Morgan fingerprint density at radius 2 is 1.87 bits per heavy atom. The number of carboxylic acids is 1. The van der Waals surface area contributed by atoms with Crippen LogP contribution in [0.5, 0.6) is 5.75 Å². The van der Waals surface area contributed by atoms with Crippen molar-refractivity contribution in [3.63, 3.8) is 0 Å². The van der Waals surface area contributed by atoms with Crippen LogP contribution < -0.4 is 0 Å². The maximum atomic E-state index is 11.3. The summed E-state index contributed by atoms with van der Waals surface area (Å²) in [6, 6.07) is 16.2. The number of aromatic amines is 1. The van der Waals surface area contributed by atoms with Crippen LogP contribution in [-0.2, 0) is 0 Å². The Labute approximate surface area is 130 Å². The number of nitrogens with one attached hydrogen (secondary N) is 1. The van der Waals surface area contributed by atoms with Gasteiger partial charge in [0.05, 0.1) is 11.0 Å². The maximum Gasteiger partial charge on any atom is 0.340 e. The minimum atomic E-state index is -1.15. The van der Waals surface area contributed by atoms with E-state index in [1.54, 1.807) is 18.2 Å². The second kappa shape index (κ2) is 4.84. The third-order valence-electron chi connectivity index (χ3n) is 3.87. The number of aromatic carboxylic acids is 1. The van der Waals surface area contributed by atoms with E-state index in [4.69, 9.17) is 0 Å². The van der Waals surface area contributed by atoms with Gasteiger partial charge in [-0.15, -0.1) is 0 Å². The lowest BCUT2D eigenvalue weighted by atomic mass is 10.0. The molecule has 0 aliphatic rings. The number of nitrogens with zero attached hydrogens (tertiary/aromatic N) is 1. The molecule has 3 N–H and O–H groups in total. The molecule has 5 heteroatoms. The molecule has 4 aromatic rings. The SMILES string of the molecule is O=C(O)c1c(O)ccc2cc(-c3nc4ccccc4[nH]3)ccc12. The average Bonchev–Trinajstić information content (AvgIpc) is 2.98. The first-order valence-electron chi connectivity index (χ1n) is 7.07. The quantitative estimate of drug-likeness (QED) is 0.526. The number of H-pyrrole nitrogens is 1. The van der Waals surface area contributed by atoms with Gasteiger partial charge >= 0.3 is 5.97 Å². The zero-order valence-electron chi connectivity index (χ0n) is 11.9. The van der Waals surface area contributed by atoms with Crippen molar-refractivity contribution in [2.24, 2.45) is 0 Å². The third kappa shape index (κ3) is 2.10. The van der Waals surface area contributed by atoms with E-state index in [-0.39, 0.29) is 11.3 Å². The standard InChI is InChI=1S/C18H12N2O3/c21-15-8-6-10-9-11(5-7-12(10)16(15)18(22)23)17-19-13-3-1-2-4-14(13)20-17/h1-9,21H,(H,19,20)(H,22,23). The van der Waals surface area contributed by atoms with Crippen molar-refractivity contribution < 1.29 is 15.0 Å². The summed E-state index contributed by atoms with van der Waals surface area (Å²) in [6.45, 7) is 0. The molecule has 0 aliphatic carbocycles. The fourth-order valence-electron chi connectivity index (χ4n) is 2.78. The van der Waals surface area contributed by atoms with Crippen LogP contribution in [0, 0.1) is 0 Å². The molecule has 1 aromatic heterocycles. The molecule has 3 aromatic carbocycles. The van der Waals surface area contributed by atoms with E-state index in [2.05, 4.69) is 9.97 Å². The molecular weight excluding hydrogens is 292 g/mol. The highest BCUT2D eigenvalue weighted by molar-refractivity contribution is 6.06. The maximum absolute atomic E-state index is 11.3. The normalized spacial score (nSPS) is 11.1. The summed E-state index contributed by atoms with van der Waals surface area (Å²) in [5, 5.41) is 20.3. The van der Waals surface area contributed by atoms with Gasteiger partial charge in [-0.3, -0.25) is 0 Å². The second-order valence-electron chi connectivity index (χ2n) is 5.30. The number of imidazole rings is 1. The number of phenols is 1. The van der Waals surface area contributed by atoms with Crippen LogP contribution in [0.3, 0.4) is 0 Å². The minimum absolute atomic E-state index is 0.0846. The third-order valence-corrected chi connectivity index (χ3v) is 3.87. The lowest BCUT2D eigenvalue weighted by molar-refractivity contribution is 0.0696. The number of carbonyl (C=O) groups is 1. The predicted molar refractivity (Wildman–Crippen MR) is 87.7 cm³/mol. The fraction of sp³-hybridized carbons (Fsp3) is 0. The van der Waals surface area contributed by atoms with E-state index in [9.17, 15) is 15.0 Å². The number of para-hydroxylation sites is 2. The number of carboxylic acid groups (broad SMARTS) is 1. The summed E-state index contributed by atoms with van der Waals surface area (Å²) in [4.78, 5) is 19.1. The summed E-state index contributed by atoms with van der Waals surface area (Å²) < 4.78 is 0. The molecule has 0 radical (unpaired) electrons. The molecule has 0 saturated heterocycles. The van der Waals surface area contributed by atoms with Gasteiger partial charge in [-0.05, 0) is 35.0 Å². The Morgan fingerprint density at radius 1 is 1.04 bits per heavy atom. The molecule has 0 atom stereocenters. The van der Waals surface area contributed by atoms with E-state index in [0.29, 0.717) is 5.39 Å². The molecule has 1 heterocycles. The number of hydrogen-bond acceptors (Lipinski definition) is 3. The Balaban J connectivity index is 1.92. The monoisotopic (exact) mass is 304 g/mol. The van der Waals surface area contributed by atoms with Gasteiger partial charge in [-0.25, -0.2) is 9.78 Å². The Morgan fingerprint density at radius 3 is 2.65 bits per heavy atom. The van der Waals surface area contributed by atoms with Crippen molar-refractivity contribution in [2.45, 2.75) is 0 Å². The van der Waals surface area contributed by atoms with Gasteiger partial charge < -0.3 is 15.2 Å². The van der Waals surface area contributed by atoms with E-state index >= 15 is 0 Å². The number of rotatable bonds is 2. The highest BCUT2D eigenvalue weighted by Crippen LogP contribution is 2.30. The van der Waals surface area contributed by atoms with Crippen molar-refractivity contribution in [2.75, 3.05) is 0 Å². The molecular formula is C18H12N2O3. The van der Waals surface area contributed by atoms with Crippen LogP contribution in [0.4, 0.5) is 0 Å². The molecule has 0 saturated carbocycles. The smallest absolute Gasteiger partial charge is 0.340 e. The molecule has 4 rings (SSSR count). The molecule has 0 bridgehead atoms. The summed E-state index contributed by atoms with van der Waals surface area (Å²) in [7, 11) is 0. The Bertz CT molecular complexity index is 1030. The van der Waals surface area contributed by atoms with Gasteiger partial charge in [-0.1, -0.05) is 30.3 Å². The average molecular weight is 304 g/mol. The van der Waals surface area contributed by atoms with Crippen molar-refractivity contribution in [1.82, 2.24) is 9.97 Å². The Kier molecular flexibility index (Phi) is 2.81.